The molecule has 0 saturated carbocycles. The van der Waals surface area contributed by atoms with Crippen molar-refractivity contribution in [1.82, 2.24) is 15.5 Å². The van der Waals surface area contributed by atoms with Crippen molar-refractivity contribution in [2.45, 2.75) is 25.3 Å². The number of nitrogens with one attached hydrogen (secondary N) is 2. The van der Waals surface area contributed by atoms with Gasteiger partial charge < -0.3 is 15.4 Å². The van der Waals surface area contributed by atoms with Crippen LogP contribution in [0.15, 0.2) is 60.7 Å². The SMILES string of the molecule is O=C(CC(NC(=O)c1ccccc1)c1ccccc1)NCCCCN1CCOCC1. The number of carbonyl (C=O) groups excluding carboxylic acids is 2. The molecule has 0 spiro atoms. The lowest BCUT2D eigenvalue weighted by molar-refractivity contribution is -0.121. The van der Waals surface area contributed by atoms with E-state index in [9.17, 15) is 9.59 Å². The normalized spacial score (nSPS) is 15.3. The number of hydrogen-bond donors (Lipinski definition) is 2. The van der Waals surface area contributed by atoms with Crippen molar-refractivity contribution < 1.29 is 14.3 Å². The molecule has 0 bridgehead atoms. The summed E-state index contributed by atoms with van der Waals surface area (Å²) in [6.45, 7) is 5.30. The highest BCUT2D eigenvalue weighted by Gasteiger charge is 2.19. The van der Waals surface area contributed by atoms with Crippen LogP contribution in [0, 0.1) is 0 Å². The summed E-state index contributed by atoms with van der Waals surface area (Å²) in [4.78, 5) is 27.5. The Balaban J connectivity index is 1.46. The van der Waals surface area contributed by atoms with Gasteiger partial charge in [0.05, 0.1) is 25.7 Å². The minimum Gasteiger partial charge on any atom is -0.379 e. The maximum Gasteiger partial charge on any atom is 0.251 e. The fourth-order valence-electron chi connectivity index (χ4n) is 3.54. The smallest absolute Gasteiger partial charge is 0.251 e. The van der Waals surface area contributed by atoms with Crippen LogP contribution in [0.25, 0.3) is 0 Å². The van der Waals surface area contributed by atoms with E-state index in [1.807, 2.05) is 48.5 Å². The van der Waals surface area contributed by atoms with E-state index in [1.54, 1.807) is 12.1 Å². The Morgan fingerprint density at radius 3 is 2.30 bits per heavy atom. The molecule has 1 heterocycles. The molecule has 2 N–H and O–H groups in total. The molecule has 0 aromatic heterocycles. The Morgan fingerprint density at radius 1 is 0.933 bits per heavy atom. The van der Waals surface area contributed by atoms with Gasteiger partial charge in [-0.15, -0.1) is 0 Å². The van der Waals surface area contributed by atoms with E-state index in [1.165, 1.54) is 0 Å². The van der Waals surface area contributed by atoms with Gasteiger partial charge in [-0.25, -0.2) is 0 Å². The van der Waals surface area contributed by atoms with E-state index in [0.29, 0.717) is 12.1 Å². The quantitative estimate of drug-likeness (QED) is 0.592. The monoisotopic (exact) mass is 409 g/mol. The van der Waals surface area contributed by atoms with Gasteiger partial charge in [0.25, 0.3) is 5.91 Å². The molecule has 1 aliphatic rings. The zero-order valence-electron chi connectivity index (χ0n) is 17.4. The van der Waals surface area contributed by atoms with Gasteiger partial charge in [-0.1, -0.05) is 48.5 Å². The first-order chi connectivity index (χ1) is 14.7. The van der Waals surface area contributed by atoms with Crippen molar-refractivity contribution in [2.24, 2.45) is 0 Å². The number of benzene rings is 2. The lowest BCUT2D eigenvalue weighted by Gasteiger charge is -2.26. The van der Waals surface area contributed by atoms with Crippen LogP contribution >= 0.6 is 0 Å². The maximum atomic E-state index is 12.6. The average molecular weight is 410 g/mol. The molecule has 2 amide bonds. The minimum atomic E-state index is -0.368. The zero-order valence-corrected chi connectivity index (χ0v) is 17.4. The van der Waals surface area contributed by atoms with Crippen LogP contribution in [0.4, 0.5) is 0 Å². The summed E-state index contributed by atoms with van der Waals surface area (Å²) in [7, 11) is 0. The Bertz CT molecular complexity index is 777. The van der Waals surface area contributed by atoms with E-state index in [-0.39, 0.29) is 24.3 Å². The molecular weight excluding hydrogens is 378 g/mol. The van der Waals surface area contributed by atoms with Crippen LogP contribution in [0.3, 0.4) is 0 Å². The lowest BCUT2D eigenvalue weighted by Crippen LogP contribution is -2.37. The summed E-state index contributed by atoms with van der Waals surface area (Å²) >= 11 is 0. The summed E-state index contributed by atoms with van der Waals surface area (Å²) in [6, 6.07) is 18.3. The molecule has 1 unspecified atom stereocenters. The molecule has 1 saturated heterocycles. The molecule has 2 aromatic rings. The second-order valence-electron chi connectivity index (χ2n) is 7.52. The van der Waals surface area contributed by atoms with E-state index < -0.39 is 0 Å². The van der Waals surface area contributed by atoms with Gasteiger partial charge in [0.2, 0.25) is 5.91 Å². The highest BCUT2D eigenvalue weighted by Crippen LogP contribution is 2.17. The molecule has 0 aliphatic carbocycles. The third-order valence-corrected chi connectivity index (χ3v) is 5.26. The number of morpholine rings is 1. The molecule has 1 atom stereocenters. The van der Waals surface area contributed by atoms with Gasteiger partial charge in [0.15, 0.2) is 0 Å². The molecule has 6 nitrogen and oxygen atoms in total. The van der Waals surface area contributed by atoms with Crippen LogP contribution < -0.4 is 10.6 Å². The Labute approximate surface area is 178 Å². The summed E-state index contributed by atoms with van der Waals surface area (Å²) < 4.78 is 5.36. The Hall–Kier alpha value is -2.70. The van der Waals surface area contributed by atoms with Crippen molar-refractivity contribution >= 4 is 11.8 Å². The summed E-state index contributed by atoms with van der Waals surface area (Å²) in [5.74, 6) is -0.230. The largest absolute Gasteiger partial charge is 0.379 e. The van der Waals surface area contributed by atoms with Crippen LogP contribution in [0.5, 0.6) is 0 Å². The van der Waals surface area contributed by atoms with Crippen LogP contribution in [-0.2, 0) is 9.53 Å². The van der Waals surface area contributed by atoms with E-state index in [0.717, 1.165) is 51.3 Å². The molecule has 1 aliphatic heterocycles. The summed E-state index contributed by atoms with van der Waals surface area (Å²) in [6.07, 6.45) is 2.20. The predicted molar refractivity (Wildman–Crippen MR) is 117 cm³/mol. The van der Waals surface area contributed by atoms with Crippen molar-refractivity contribution in [1.29, 1.82) is 0 Å². The van der Waals surface area contributed by atoms with Crippen LogP contribution in [-0.4, -0.2) is 56.1 Å². The van der Waals surface area contributed by atoms with E-state index >= 15 is 0 Å². The maximum absolute atomic E-state index is 12.6. The standard InChI is InChI=1S/C24H31N3O3/c28-23(25-13-7-8-14-27-15-17-30-18-16-27)19-22(20-9-3-1-4-10-20)26-24(29)21-11-5-2-6-12-21/h1-6,9-12,22H,7-8,13-19H2,(H,25,28)(H,26,29). The van der Waals surface area contributed by atoms with Gasteiger partial charge in [-0.05, 0) is 37.1 Å². The van der Waals surface area contributed by atoms with Crippen molar-refractivity contribution in [3.05, 3.63) is 71.8 Å². The van der Waals surface area contributed by atoms with E-state index in [2.05, 4.69) is 15.5 Å². The fourth-order valence-corrected chi connectivity index (χ4v) is 3.54. The molecule has 0 radical (unpaired) electrons. The first-order valence-electron chi connectivity index (χ1n) is 10.7. The summed E-state index contributed by atoms with van der Waals surface area (Å²) in [5.41, 5.74) is 1.51. The van der Waals surface area contributed by atoms with Gasteiger partial charge in [0, 0.05) is 25.2 Å². The molecule has 160 valence electrons. The molecule has 3 rings (SSSR count). The minimum absolute atomic E-state index is 0.0522. The first-order valence-corrected chi connectivity index (χ1v) is 10.7. The van der Waals surface area contributed by atoms with Crippen molar-refractivity contribution in [3.8, 4) is 0 Å². The number of unbranched alkanes of at least 4 members (excludes halogenated alkanes) is 1. The van der Waals surface area contributed by atoms with Crippen molar-refractivity contribution in [2.75, 3.05) is 39.4 Å². The van der Waals surface area contributed by atoms with Gasteiger partial charge in [-0.2, -0.15) is 0 Å². The number of rotatable bonds is 10. The van der Waals surface area contributed by atoms with Crippen LogP contribution in [0.1, 0.15) is 41.2 Å². The number of amides is 2. The number of carbonyl (C=O) groups is 2. The highest BCUT2D eigenvalue weighted by molar-refractivity contribution is 5.94. The second-order valence-corrected chi connectivity index (χ2v) is 7.52. The number of nitrogens with zero attached hydrogens (tertiary/aromatic N) is 1. The zero-order chi connectivity index (χ0) is 21.0. The van der Waals surface area contributed by atoms with Crippen molar-refractivity contribution in [3.63, 3.8) is 0 Å². The fraction of sp³-hybridized carbons (Fsp3) is 0.417. The molecular formula is C24H31N3O3. The van der Waals surface area contributed by atoms with Gasteiger partial charge in [-0.3, -0.25) is 14.5 Å². The van der Waals surface area contributed by atoms with Gasteiger partial charge in [0.1, 0.15) is 0 Å². The first kappa shape index (κ1) is 22.0. The van der Waals surface area contributed by atoms with E-state index in [4.69, 9.17) is 4.74 Å². The third kappa shape index (κ3) is 7.28. The van der Waals surface area contributed by atoms with Crippen LogP contribution in [0.2, 0.25) is 0 Å². The Morgan fingerprint density at radius 2 is 1.60 bits per heavy atom. The molecule has 2 aromatic carbocycles. The molecule has 6 heteroatoms. The molecule has 30 heavy (non-hydrogen) atoms. The average Bonchev–Trinajstić information content (AvgIpc) is 2.80. The second kappa shape index (κ2) is 12.1. The van der Waals surface area contributed by atoms with Gasteiger partial charge >= 0.3 is 0 Å². The topological polar surface area (TPSA) is 70.7 Å². The molecule has 1 fully saturated rings. The predicted octanol–water partition coefficient (Wildman–Crippen LogP) is 2.78. The third-order valence-electron chi connectivity index (χ3n) is 5.26. The summed E-state index contributed by atoms with van der Waals surface area (Å²) in [5, 5.41) is 6.01. The number of ether oxygens (including phenoxy) is 1. The number of hydrogen-bond acceptors (Lipinski definition) is 4. The highest BCUT2D eigenvalue weighted by atomic mass is 16.5. The Kier molecular flexibility index (Phi) is 8.87. The lowest BCUT2D eigenvalue weighted by atomic mass is 10.0.